The summed E-state index contributed by atoms with van der Waals surface area (Å²) in [6.45, 7) is 4.70. The number of thiazole rings is 1. The Kier molecular flexibility index (Phi) is 3.13. The van der Waals surface area contributed by atoms with Crippen LogP contribution in [0.4, 0.5) is 11.4 Å². The summed E-state index contributed by atoms with van der Waals surface area (Å²) in [5, 5.41) is 3.66. The van der Waals surface area contributed by atoms with Gasteiger partial charge in [-0.1, -0.05) is 26.7 Å². The van der Waals surface area contributed by atoms with Gasteiger partial charge in [-0.3, -0.25) is 0 Å². The van der Waals surface area contributed by atoms with Crippen molar-refractivity contribution in [1.82, 2.24) is 4.98 Å². The van der Waals surface area contributed by atoms with Crippen molar-refractivity contribution in [3.05, 3.63) is 17.6 Å². The number of nitrogens with two attached hydrogens (primary N) is 1. The number of hydrogen-bond acceptors (Lipinski definition) is 4. The average molecular weight is 275 g/mol. The Morgan fingerprint density at radius 2 is 2.21 bits per heavy atom. The van der Waals surface area contributed by atoms with Gasteiger partial charge in [0.1, 0.15) is 5.52 Å². The second-order valence-corrected chi connectivity index (χ2v) is 7.04. The van der Waals surface area contributed by atoms with Gasteiger partial charge in [0.25, 0.3) is 0 Å². The van der Waals surface area contributed by atoms with Crippen molar-refractivity contribution in [2.75, 3.05) is 11.1 Å². The minimum atomic E-state index is 0.335. The number of hydrogen-bond donors (Lipinski definition) is 2. The predicted octanol–water partition coefficient (Wildman–Crippen LogP) is 4.26. The maximum atomic E-state index is 6.25. The molecule has 0 saturated heterocycles. The van der Waals surface area contributed by atoms with Gasteiger partial charge in [-0.2, -0.15) is 0 Å². The first kappa shape index (κ1) is 12.7. The molecule has 1 atom stereocenters. The van der Waals surface area contributed by atoms with E-state index in [0.717, 1.165) is 21.6 Å². The summed E-state index contributed by atoms with van der Waals surface area (Å²) in [5.74, 6) is 0. The second-order valence-electron chi connectivity index (χ2n) is 6.16. The number of nitrogens with one attached hydrogen (secondary N) is 1. The van der Waals surface area contributed by atoms with Gasteiger partial charge in [0.15, 0.2) is 0 Å². The maximum Gasteiger partial charge on any atom is 0.106 e. The molecule has 1 aromatic heterocycles. The monoisotopic (exact) mass is 275 g/mol. The van der Waals surface area contributed by atoms with E-state index >= 15 is 0 Å². The minimum Gasteiger partial charge on any atom is -0.395 e. The van der Waals surface area contributed by atoms with Crippen molar-refractivity contribution in [1.29, 1.82) is 0 Å². The quantitative estimate of drug-likeness (QED) is 0.805. The molecule has 3 N–H and O–H groups in total. The van der Waals surface area contributed by atoms with Crippen LogP contribution in [0.15, 0.2) is 17.6 Å². The molecule has 1 aliphatic carbocycles. The molecule has 3 nitrogen and oxygen atoms in total. The van der Waals surface area contributed by atoms with Gasteiger partial charge < -0.3 is 11.1 Å². The van der Waals surface area contributed by atoms with Crippen LogP contribution in [0.25, 0.3) is 10.2 Å². The summed E-state index contributed by atoms with van der Waals surface area (Å²) in [6.07, 6.45) is 5.15. The van der Waals surface area contributed by atoms with E-state index in [-0.39, 0.29) is 0 Å². The molecule has 3 rings (SSSR count). The number of aromatic nitrogens is 1. The topological polar surface area (TPSA) is 50.9 Å². The first-order valence-electron chi connectivity index (χ1n) is 6.96. The molecule has 0 bridgehead atoms. The molecule has 1 saturated carbocycles. The van der Waals surface area contributed by atoms with Crippen molar-refractivity contribution in [2.45, 2.75) is 45.6 Å². The molecule has 0 radical (unpaired) electrons. The summed E-state index contributed by atoms with van der Waals surface area (Å²) >= 11 is 1.64. The Hall–Kier alpha value is -1.29. The zero-order chi connectivity index (χ0) is 13.5. The number of fused-ring (bicyclic) bond motifs is 1. The summed E-state index contributed by atoms with van der Waals surface area (Å²) in [4.78, 5) is 4.36. The molecular weight excluding hydrogens is 254 g/mol. The van der Waals surface area contributed by atoms with Gasteiger partial charge in [-0.25, -0.2) is 4.98 Å². The zero-order valence-corrected chi connectivity index (χ0v) is 12.4. The first-order chi connectivity index (χ1) is 9.08. The molecule has 0 amide bonds. The summed E-state index contributed by atoms with van der Waals surface area (Å²) < 4.78 is 1.16. The van der Waals surface area contributed by atoms with Crippen LogP contribution < -0.4 is 11.1 Å². The van der Waals surface area contributed by atoms with Crippen molar-refractivity contribution < 1.29 is 0 Å². The number of rotatable bonds is 2. The van der Waals surface area contributed by atoms with Crippen LogP contribution in [0.1, 0.15) is 39.5 Å². The predicted molar refractivity (Wildman–Crippen MR) is 83.7 cm³/mol. The molecule has 2 aromatic rings. The molecule has 1 fully saturated rings. The highest BCUT2D eigenvalue weighted by molar-refractivity contribution is 7.16. The Morgan fingerprint density at radius 3 is 3.00 bits per heavy atom. The lowest BCUT2D eigenvalue weighted by molar-refractivity contribution is 0.217. The van der Waals surface area contributed by atoms with Crippen LogP contribution in [0.3, 0.4) is 0 Å². The third kappa shape index (κ3) is 2.29. The van der Waals surface area contributed by atoms with E-state index in [0.29, 0.717) is 11.5 Å². The van der Waals surface area contributed by atoms with Gasteiger partial charge in [-0.15, -0.1) is 11.3 Å². The molecule has 1 heterocycles. The van der Waals surface area contributed by atoms with E-state index < -0.39 is 0 Å². The van der Waals surface area contributed by atoms with E-state index in [1.807, 2.05) is 5.51 Å². The number of anilines is 2. The number of benzene rings is 1. The lowest BCUT2D eigenvalue weighted by Crippen LogP contribution is -2.39. The molecule has 102 valence electrons. The van der Waals surface area contributed by atoms with Gasteiger partial charge in [0.2, 0.25) is 0 Å². The van der Waals surface area contributed by atoms with E-state index in [2.05, 4.69) is 36.3 Å². The lowest BCUT2D eigenvalue weighted by atomic mass is 9.73. The lowest BCUT2D eigenvalue weighted by Gasteiger charge is -2.39. The number of nitrogen functional groups attached to an aromatic ring is 1. The maximum absolute atomic E-state index is 6.25. The molecule has 1 aromatic carbocycles. The molecule has 1 unspecified atom stereocenters. The van der Waals surface area contributed by atoms with Gasteiger partial charge in [0, 0.05) is 6.04 Å². The van der Waals surface area contributed by atoms with Gasteiger partial charge in [0.05, 0.1) is 21.6 Å². The Bertz CT molecular complexity index is 588. The fourth-order valence-corrected chi connectivity index (χ4v) is 3.72. The summed E-state index contributed by atoms with van der Waals surface area (Å²) in [6, 6.07) is 4.71. The van der Waals surface area contributed by atoms with Crippen LogP contribution in [-0.4, -0.2) is 11.0 Å². The van der Waals surface area contributed by atoms with Crippen LogP contribution >= 0.6 is 11.3 Å². The Labute approximate surface area is 118 Å². The van der Waals surface area contributed by atoms with Gasteiger partial charge in [-0.05, 0) is 30.4 Å². The average Bonchev–Trinajstić information content (AvgIpc) is 2.84. The Balaban J connectivity index is 1.90. The van der Waals surface area contributed by atoms with E-state index in [4.69, 9.17) is 5.73 Å². The van der Waals surface area contributed by atoms with Crippen LogP contribution in [-0.2, 0) is 0 Å². The standard InChI is InChI=1S/C15H21N3S/c1-15(2)8-4-3-5-12(15)18-10-6-7-11-14(13(10)16)17-9-19-11/h6-7,9,12,18H,3-5,8,16H2,1-2H3. The van der Waals surface area contributed by atoms with Crippen LogP contribution in [0, 0.1) is 5.41 Å². The highest BCUT2D eigenvalue weighted by Gasteiger charge is 2.32. The Morgan fingerprint density at radius 1 is 1.37 bits per heavy atom. The minimum absolute atomic E-state index is 0.335. The first-order valence-corrected chi connectivity index (χ1v) is 7.84. The molecule has 4 heteroatoms. The third-order valence-corrected chi connectivity index (χ3v) is 5.17. The summed E-state index contributed by atoms with van der Waals surface area (Å²) in [5.41, 5.74) is 11.2. The highest BCUT2D eigenvalue weighted by atomic mass is 32.1. The fraction of sp³-hybridized carbons (Fsp3) is 0.533. The second kappa shape index (κ2) is 4.67. The molecule has 0 aliphatic heterocycles. The molecule has 1 aliphatic rings. The van der Waals surface area contributed by atoms with Crippen molar-refractivity contribution in [2.24, 2.45) is 5.41 Å². The van der Waals surface area contributed by atoms with E-state index in [1.165, 1.54) is 25.7 Å². The highest BCUT2D eigenvalue weighted by Crippen LogP contribution is 2.39. The smallest absolute Gasteiger partial charge is 0.106 e. The largest absolute Gasteiger partial charge is 0.395 e. The van der Waals surface area contributed by atoms with E-state index in [1.54, 1.807) is 11.3 Å². The normalized spacial score (nSPS) is 22.5. The van der Waals surface area contributed by atoms with Crippen LogP contribution in [0.5, 0.6) is 0 Å². The summed E-state index contributed by atoms with van der Waals surface area (Å²) in [7, 11) is 0. The van der Waals surface area contributed by atoms with Crippen molar-refractivity contribution in [3.63, 3.8) is 0 Å². The third-order valence-electron chi connectivity index (χ3n) is 4.38. The van der Waals surface area contributed by atoms with E-state index in [9.17, 15) is 0 Å². The van der Waals surface area contributed by atoms with Crippen LogP contribution in [0.2, 0.25) is 0 Å². The van der Waals surface area contributed by atoms with Gasteiger partial charge >= 0.3 is 0 Å². The molecule has 0 spiro atoms. The number of nitrogens with zero attached hydrogens (tertiary/aromatic N) is 1. The van der Waals surface area contributed by atoms with Crippen molar-refractivity contribution in [3.8, 4) is 0 Å². The van der Waals surface area contributed by atoms with Crippen molar-refractivity contribution >= 4 is 32.9 Å². The molecule has 19 heavy (non-hydrogen) atoms. The zero-order valence-electron chi connectivity index (χ0n) is 11.6. The molecular formula is C15H21N3S. The fourth-order valence-electron chi connectivity index (χ4n) is 3.03. The SMILES string of the molecule is CC1(C)CCCCC1Nc1ccc2scnc2c1N.